The molecule has 196 valence electrons. The maximum Gasteiger partial charge on any atom is 0.414 e. The Labute approximate surface area is 210 Å². The number of methoxy groups -OCH3 is 1. The highest BCUT2D eigenvalue weighted by Gasteiger charge is 2.33. The molecule has 0 saturated carbocycles. The first-order chi connectivity index (χ1) is 17.2. The van der Waals surface area contributed by atoms with Crippen molar-refractivity contribution >= 4 is 27.4 Å². The topological polar surface area (TPSA) is 149 Å². The molecule has 36 heavy (non-hydrogen) atoms. The van der Waals surface area contributed by atoms with Gasteiger partial charge in [0, 0.05) is 19.5 Å². The molecule has 2 unspecified atom stereocenters. The summed E-state index contributed by atoms with van der Waals surface area (Å²) in [6.45, 7) is 2.84. The third kappa shape index (κ3) is 7.61. The number of hydrogen-bond acceptors (Lipinski definition) is 9. The third-order valence-electron chi connectivity index (χ3n) is 6.02. The van der Waals surface area contributed by atoms with Crippen molar-refractivity contribution in [1.29, 1.82) is 0 Å². The van der Waals surface area contributed by atoms with Crippen molar-refractivity contribution in [2.75, 3.05) is 26.0 Å². The van der Waals surface area contributed by atoms with Crippen LogP contribution in [0, 0.1) is 5.92 Å². The third-order valence-corrected chi connectivity index (χ3v) is 7.70. The van der Waals surface area contributed by atoms with E-state index in [2.05, 4.69) is 15.5 Å². The van der Waals surface area contributed by atoms with E-state index in [0.717, 1.165) is 19.3 Å². The molecule has 0 spiro atoms. The minimum absolute atomic E-state index is 0.193. The summed E-state index contributed by atoms with van der Waals surface area (Å²) < 4.78 is 35.9. The molecule has 1 aliphatic heterocycles. The van der Waals surface area contributed by atoms with E-state index in [0.29, 0.717) is 18.7 Å². The van der Waals surface area contributed by atoms with Crippen molar-refractivity contribution in [3.63, 3.8) is 0 Å². The van der Waals surface area contributed by atoms with Crippen LogP contribution in [0.2, 0.25) is 0 Å². The number of piperidine rings is 1. The van der Waals surface area contributed by atoms with Gasteiger partial charge in [0.2, 0.25) is 17.6 Å². The molecule has 2 atom stereocenters. The maximum atomic E-state index is 13.3. The van der Waals surface area contributed by atoms with E-state index >= 15 is 0 Å². The van der Waals surface area contributed by atoms with Gasteiger partial charge in [0.1, 0.15) is 0 Å². The molecule has 0 bridgehead atoms. The van der Waals surface area contributed by atoms with Crippen molar-refractivity contribution < 1.29 is 32.0 Å². The van der Waals surface area contributed by atoms with Crippen LogP contribution in [0.3, 0.4) is 0 Å². The maximum absolute atomic E-state index is 13.3. The van der Waals surface area contributed by atoms with Crippen LogP contribution in [0.5, 0.6) is 6.08 Å². The number of aromatic nitrogens is 2. The van der Waals surface area contributed by atoms with Crippen LogP contribution in [-0.4, -0.2) is 73.1 Å². The molecule has 1 aliphatic rings. The SMILES string of the molecule is CCC(NC(=O)C(CC(=O)N1CCCCC1)CS(=O)(=O)Cc1ccccc1)C(=O)c1nnc(OC)o1. The smallest absolute Gasteiger partial charge is 0.414 e. The van der Waals surface area contributed by atoms with Crippen molar-refractivity contribution in [3.05, 3.63) is 41.8 Å². The molecule has 1 N–H and O–H groups in total. The number of Topliss-reactive ketones (excluding diaryl/α,β-unsaturated/α-hetero) is 1. The minimum atomic E-state index is -3.74. The Bertz CT molecular complexity index is 1140. The average molecular weight is 521 g/mol. The number of hydrogen-bond donors (Lipinski definition) is 1. The van der Waals surface area contributed by atoms with Crippen LogP contribution >= 0.6 is 0 Å². The number of ketones is 1. The molecule has 0 aliphatic carbocycles. The van der Waals surface area contributed by atoms with E-state index in [1.807, 2.05) is 0 Å². The number of ether oxygens (including phenoxy) is 1. The minimum Gasteiger partial charge on any atom is -0.452 e. The van der Waals surface area contributed by atoms with E-state index < -0.39 is 39.2 Å². The Balaban J connectivity index is 1.76. The van der Waals surface area contributed by atoms with E-state index in [9.17, 15) is 22.8 Å². The number of likely N-dealkylation sites (tertiary alicyclic amines) is 1. The molecule has 2 amide bonds. The fourth-order valence-electron chi connectivity index (χ4n) is 4.09. The van der Waals surface area contributed by atoms with E-state index in [1.165, 1.54) is 7.11 Å². The first-order valence-electron chi connectivity index (χ1n) is 12.0. The Kier molecular flexibility index (Phi) is 9.57. The second-order valence-electron chi connectivity index (χ2n) is 8.79. The Hall–Kier alpha value is -3.28. The van der Waals surface area contributed by atoms with Crippen LogP contribution in [0.15, 0.2) is 34.7 Å². The number of amides is 2. The summed E-state index contributed by atoms with van der Waals surface area (Å²) in [4.78, 5) is 40.7. The lowest BCUT2D eigenvalue weighted by Crippen LogP contribution is -2.47. The number of carbonyl (C=O) groups excluding carboxylic acids is 3. The number of nitrogens with zero attached hydrogens (tertiary/aromatic N) is 3. The Morgan fingerprint density at radius 1 is 1.11 bits per heavy atom. The van der Waals surface area contributed by atoms with Gasteiger partial charge in [-0.1, -0.05) is 42.4 Å². The summed E-state index contributed by atoms with van der Waals surface area (Å²) in [5, 5.41) is 9.78. The Morgan fingerprint density at radius 3 is 2.42 bits per heavy atom. The van der Waals surface area contributed by atoms with Gasteiger partial charge < -0.3 is 19.4 Å². The molecular weight excluding hydrogens is 488 g/mol. The fourth-order valence-corrected chi connectivity index (χ4v) is 5.79. The lowest BCUT2D eigenvalue weighted by Gasteiger charge is -2.28. The average Bonchev–Trinajstić information content (AvgIpc) is 3.36. The van der Waals surface area contributed by atoms with Gasteiger partial charge in [-0.2, -0.15) is 0 Å². The summed E-state index contributed by atoms with van der Waals surface area (Å²) >= 11 is 0. The number of nitrogens with one attached hydrogen (secondary N) is 1. The number of carbonyl (C=O) groups is 3. The Morgan fingerprint density at radius 2 is 1.81 bits per heavy atom. The van der Waals surface area contributed by atoms with Crippen LogP contribution in [0.4, 0.5) is 0 Å². The highest BCUT2D eigenvalue weighted by atomic mass is 32.2. The molecule has 1 saturated heterocycles. The fraction of sp³-hybridized carbons (Fsp3) is 0.542. The molecule has 1 aromatic carbocycles. The molecule has 3 rings (SSSR count). The van der Waals surface area contributed by atoms with Crippen molar-refractivity contribution in [2.45, 2.75) is 50.8 Å². The predicted octanol–water partition coefficient (Wildman–Crippen LogP) is 1.79. The molecule has 0 radical (unpaired) electrons. The van der Waals surface area contributed by atoms with Crippen LogP contribution < -0.4 is 10.1 Å². The lowest BCUT2D eigenvalue weighted by atomic mass is 10.0. The van der Waals surface area contributed by atoms with E-state index in [-0.39, 0.29) is 36.5 Å². The first-order valence-corrected chi connectivity index (χ1v) is 13.8. The molecule has 2 aromatic rings. The second kappa shape index (κ2) is 12.6. The zero-order valence-electron chi connectivity index (χ0n) is 20.5. The first kappa shape index (κ1) is 27.3. The second-order valence-corrected chi connectivity index (χ2v) is 10.9. The molecule has 1 fully saturated rings. The zero-order valence-corrected chi connectivity index (χ0v) is 21.3. The van der Waals surface area contributed by atoms with Crippen molar-refractivity contribution in [3.8, 4) is 6.08 Å². The van der Waals surface area contributed by atoms with Gasteiger partial charge >= 0.3 is 6.08 Å². The van der Waals surface area contributed by atoms with Gasteiger partial charge in [0.15, 0.2) is 9.84 Å². The predicted molar refractivity (Wildman–Crippen MR) is 130 cm³/mol. The molecule has 1 aromatic heterocycles. The van der Waals surface area contributed by atoms with Crippen molar-refractivity contribution in [1.82, 2.24) is 20.4 Å². The molecule has 11 nitrogen and oxygen atoms in total. The largest absolute Gasteiger partial charge is 0.452 e. The van der Waals surface area contributed by atoms with Gasteiger partial charge in [-0.3, -0.25) is 14.4 Å². The van der Waals surface area contributed by atoms with Gasteiger partial charge in [-0.15, -0.1) is 5.10 Å². The van der Waals surface area contributed by atoms with Gasteiger partial charge in [0.25, 0.3) is 5.89 Å². The van der Waals surface area contributed by atoms with Gasteiger partial charge in [0.05, 0.1) is 30.6 Å². The summed E-state index contributed by atoms with van der Waals surface area (Å²) in [6, 6.07) is 7.60. The summed E-state index contributed by atoms with van der Waals surface area (Å²) in [7, 11) is -2.44. The van der Waals surface area contributed by atoms with E-state index in [1.54, 1.807) is 42.2 Å². The van der Waals surface area contributed by atoms with Crippen molar-refractivity contribution in [2.24, 2.45) is 5.92 Å². The summed E-state index contributed by atoms with van der Waals surface area (Å²) in [5.74, 6) is -3.87. The van der Waals surface area contributed by atoms with Crippen LogP contribution in [0.25, 0.3) is 0 Å². The van der Waals surface area contributed by atoms with Gasteiger partial charge in [-0.25, -0.2) is 8.42 Å². The summed E-state index contributed by atoms with van der Waals surface area (Å²) in [5.41, 5.74) is 0.589. The molecular formula is C24H32N4O7S. The quantitative estimate of drug-likeness (QED) is 0.413. The number of rotatable bonds is 12. The van der Waals surface area contributed by atoms with E-state index in [4.69, 9.17) is 9.15 Å². The normalized spacial score (nSPS) is 15.7. The number of sulfone groups is 1. The standard InChI is InChI=1S/C24H32N4O7S/c1-3-19(21(30)23-26-27-24(34-2)35-23)25-22(31)18(14-20(29)28-12-8-5-9-13-28)16-36(32,33)15-17-10-6-4-7-11-17/h4,6-7,10-11,18-19H,3,5,8-9,12-16H2,1-2H3,(H,25,31). The monoisotopic (exact) mass is 520 g/mol. The number of benzene rings is 1. The lowest BCUT2D eigenvalue weighted by molar-refractivity contribution is -0.136. The molecule has 12 heteroatoms. The summed E-state index contributed by atoms with van der Waals surface area (Å²) in [6.07, 6.45) is 2.50. The van der Waals surface area contributed by atoms with Crippen LogP contribution in [0.1, 0.15) is 55.3 Å². The van der Waals surface area contributed by atoms with Crippen LogP contribution in [-0.2, 0) is 25.2 Å². The highest BCUT2D eigenvalue weighted by Crippen LogP contribution is 2.18. The van der Waals surface area contributed by atoms with Gasteiger partial charge in [-0.05, 0) is 31.2 Å². The molecule has 2 heterocycles. The highest BCUT2D eigenvalue weighted by molar-refractivity contribution is 7.90. The zero-order chi connectivity index (χ0) is 26.1.